The molecule has 0 unspecified atom stereocenters. The molecule has 0 saturated heterocycles. The fourth-order valence-electron chi connectivity index (χ4n) is 2.09. The third-order valence-electron chi connectivity index (χ3n) is 3.42. The van der Waals surface area contributed by atoms with E-state index in [1.54, 1.807) is 19.1 Å². The number of aryl methyl sites for hydroxylation is 1. The molecule has 6 nitrogen and oxygen atoms in total. The van der Waals surface area contributed by atoms with E-state index in [1.165, 1.54) is 32.4 Å². The first-order chi connectivity index (χ1) is 11.3. The molecule has 0 atom stereocenters. The third kappa shape index (κ3) is 3.72. The Balaban J connectivity index is 2.30. The highest BCUT2D eigenvalue weighted by Crippen LogP contribution is 2.22. The monoisotopic (exact) mass is 352 g/mol. The Morgan fingerprint density at radius 3 is 2.46 bits per heavy atom. The van der Waals surface area contributed by atoms with Gasteiger partial charge in [-0.2, -0.15) is 0 Å². The second-order valence-electron chi connectivity index (χ2n) is 4.99. The molecule has 2 aromatic carbocycles. The van der Waals surface area contributed by atoms with Gasteiger partial charge in [-0.05, 0) is 49.9 Å². The maximum Gasteiger partial charge on any atom is 0.255 e. The molecule has 0 bridgehead atoms. The number of benzene rings is 2. The van der Waals surface area contributed by atoms with Gasteiger partial charge in [-0.1, -0.05) is 6.07 Å². The van der Waals surface area contributed by atoms with Crippen molar-refractivity contribution in [2.75, 3.05) is 19.5 Å². The summed E-state index contributed by atoms with van der Waals surface area (Å²) in [6.07, 6.45) is 0. The zero-order chi connectivity index (χ0) is 17.9. The molecule has 0 aliphatic rings. The fourth-order valence-corrected chi connectivity index (χ4v) is 3.08. The van der Waals surface area contributed by atoms with Crippen LogP contribution in [0.2, 0.25) is 0 Å². The highest BCUT2D eigenvalue weighted by atomic mass is 32.2. The number of amides is 1. The van der Waals surface area contributed by atoms with Gasteiger partial charge in [0.2, 0.25) is 10.0 Å². The third-order valence-corrected chi connectivity index (χ3v) is 4.97. The summed E-state index contributed by atoms with van der Waals surface area (Å²) in [5.74, 6) is -1.19. The van der Waals surface area contributed by atoms with Crippen molar-refractivity contribution >= 4 is 21.6 Å². The van der Waals surface area contributed by atoms with Crippen LogP contribution in [-0.4, -0.2) is 28.5 Å². The van der Waals surface area contributed by atoms with E-state index in [4.69, 9.17) is 4.74 Å². The van der Waals surface area contributed by atoms with Crippen LogP contribution in [0.4, 0.5) is 10.1 Å². The van der Waals surface area contributed by atoms with Crippen LogP contribution in [0.25, 0.3) is 0 Å². The van der Waals surface area contributed by atoms with Crippen molar-refractivity contribution in [1.82, 2.24) is 4.72 Å². The highest BCUT2D eigenvalue weighted by Gasteiger charge is 2.16. The number of methoxy groups -OCH3 is 1. The Morgan fingerprint density at radius 2 is 1.88 bits per heavy atom. The Kier molecular flexibility index (Phi) is 5.20. The lowest BCUT2D eigenvalue weighted by atomic mass is 10.1. The average Bonchev–Trinajstić information content (AvgIpc) is 2.56. The number of halogens is 1. The lowest BCUT2D eigenvalue weighted by Gasteiger charge is -2.11. The maximum absolute atomic E-state index is 13.7. The molecule has 0 aliphatic heterocycles. The zero-order valence-corrected chi connectivity index (χ0v) is 14.2. The topological polar surface area (TPSA) is 84.5 Å². The number of carbonyl (C=O) groups excluding carboxylic acids is 1. The minimum absolute atomic E-state index is 0.0317. The number of anilines is 1. The summed E-state index contributed by atoms with van der Waals surface area (Å²) in [5, 5.41) is 2.55. The average molecular weight is 352 g/mol. The molecule has 2 aromatic rings. The second-order valence-corrected chi connectivity index (χ2v) is 6.85. The van der Waals surface area contributed by atoms with Gasteiger partial charge in [-0.3, -0.25) is 4.79 Å². The number of ether oxygens (including phenoxy) is 1. The number of carbonyl (C=O) groups is 1. The number of nitrogens with one attached hydrogen (secondary N) is 2. The summed E-state index contributed by atoms with van der Waals surface area (Å²) < 4.78 is 44.6. The van der Waals surface area contributed by atoms with Gasteiger partial charge in [-0.25, -0.2) is 17.5 Å². The molecular weight excluding hydrogens is 335 g/mol. The van der Waals surface area contributed by atoms with E-state index in [1.807, 2.05) is 0 Å². The van der Waals surface area contributed by atoms with Gasteiger partial charge >= 0.3 is 0 Å². The number of hydrogen-bond acceptors (Lipinski definition) is 4. The predicted molar refractivity (Wildman–Crippen MR) is 88.3 cm³/mol. The van der Waals surface area contributed by atoms with E-state index in [0.717, 1.165) is 6.07 Å². The molecule has 24 heavy (non-hydrogen) atoms. The molecule has 0 saturated carbocycles. The van der Waals surface area contributed by atoms with Crippen molar-refractivity contribution in [3.63, 3.8) is 0 Å². The lowest BCUT2D eigenvalue weighted by Crippen LogP contribution is -2.20. The Hall–Kier alpha value is -2.45. The smallest absolute Gasteiger partial charge is 0.255 e. The van der Waals surface area contributed by atoms with E-state index in [9.17, 15) is 17.6 Å². The summed E-state index contributed by atoms with van der Waals surface area (Å²) in [6, 6.07) is 8.30. The van der Waals surface area contributed by atoms with E-state index < -0.39 is 21.7 Å². The fraction of sp³-hybridized carbons (Fsp3) is 0.188. The van der Waals surface area contributed by atoms with Gasteiger partial charge in [0.05, 0.1) is 12.0 Å². The van der Waals surface area contributed by atoms with E-state index in [0.29, 0.717) is 5.56 Å². The van der Waals surface area contributed by atoms with Crippen molar-refractivity contribution in [3.8, 4) is 5.75 Å². The maximum atomic E-state index is 13.7. The van der Waals surface area contributed by atoms with Crippen LogP contribution >= 0.6 is 0 Å². The van der Waals surface area contributed by atoms with Crippen molar-refractivity contribution < 1.29 is 22.3 Å². The van der Waals surface area contributed by atoms with Crippen LogP contribution in [0.1, 0.15) is 15.9 Å². The normalized spacial score (nSPS) is 11.2. The highest BCUT2D eigenvalue weighted by molar-refractivity contribution is 7.89. The van der Waals surface area contributed by atoms with Crippen LogP contribution in [0.3, 0.4) is 0 Å². The number of sulfonamides is 1. The Bertz CT molecular complexity index is 882. The number of rotatable bonds is 5. The van der Waals surface area contributed by atoms with Gasteiger partial charge < -0.3 is 10.1 Å². The molecule has 0 aromatic heterocycles. The summed E-state index contributed by atoms with van der Waals surface area (Å²) in [5.41, 5.74) is 0.917. The zero-order valence-electron chi connectivity index (χ0n) is 13.4. The second kappa shape index (κ2) is 6.98. The molecule has 0 aliphatic carbocycles. The standard InChI is InChI=1S/C16H17FN2O4S/c1-10-4-6-12(9-15(10)24(21,22)18-2)19-16(20)11-5-7-14(23-3)13(17)8-11/h4-9,18H,1-3H3,(H,19,20). The van der Waals surface area contributed by atoms with Gasteiger partial charge in [0.15, 0.2) is 11.6 Å². The van der Waals surface area contributed by atoms with Crippen molar-refractivity contribution in [3.05, 3.63) is 53.3 Å². The molecule has 0 radical (unpaired) electrons. The molecule has 0 heterocycles. The summed E-state index contributed by atoms with van der Waals surface area (Å²) in [7, 11) is -1.01. The largest absolute Gasteiger partial charge is 0.494 e. The Labute approximate surface area is 139 Å². The first kappa shape index (κ1) is 17.9. The molecule has 2 N–H and O–H groups in total. The summed E-state index contributed by atoms with van der Waals surface area (Å²) in [4.78, 5) is 12.3. The molecule has 128 valence electrons. The molecule has 1 amide bonds. The van der Waals surface area contributed by atoms with Gasteiger partial charge in [0.1, 0.15) is 0 Å². The Morgan fingerprint density at radius 1 is 1.17 bits per heavy atom. The van der Waals surface area contributed by atoms with Crippen LogP contribution in [0.5, 0.6) is 5.75 Å². The van der Waals surface area contributed by atoms with Crippen molar-refractivity contribution in [2.24, 2.45) is 0 Å². The SMILES string of the molecule is CNS(=O)(=O)c1cc(NC(=O)c2ccc(OC)c(F)c2)ccc1C. The van der Waals surface area contributed by atoms with E-state index in [-0.39, 0.29) is 21.9 Å². The lowest BCUT2D eigenvalue weighted by molar-refractivity contribution is 0.102. The molecule has 0 spiro atoms. The van der Waals surface area contributed by atoms with Gasteiger partial charge in [0, 0.05) is 11.3 Å². The van der Waals surface area contributed by atoms with Crippen molar-refractivity contribution in [1.29, 1.82) is 0 Å². The van der Waals surface area contributed by atoms with Crippen LogP contribution < -0.4 is 14.8 Å². The molecule has 2 rings (SSSR count). The van der Waals surface area contributed by atoms with Crippen molar-refractivity contribution in [2.45, 2.75) is 11.8 Å². The minimum atomic E-state index is -3.65. The molecular formula is C16H17FN2O4S. The van der Waals surface area contributed by atoms with Gasteiger partial charge in [0.25, 0.3) is 5.91 Å². The predicted octanol–water partition coefficient (Wildman–Crippen LogP) is 2.30. The number of hydrogen-bond donors (Lipinski definition) is 2. The van der Waals surface area contributed by atoms with Gasteiger partial charge in [-0.15, -0.1) is 0 Å². The van der Waals surface area contributed by atoms with Crippen LogP contribution in [0.15, 0.2) is 41.3 Å². The first-order valence-corrected chi connectivity index (χ1v) is 8.46. The summed E-state index contributed by atoms with van der Waals surface area (Å²) >= 11 is 0. The van der Waals surface area contributed by atoms with Crippen LogP contribution in [0, 0.1) is 12.7 Å². The molecule has 0 fully saturated rings. The minimum Gasteiger partial charge on any atom is -0.494 e. The van der Waals surface area contributed by atoms with E-state index in [2.05, 4.69) is 10.0 Å². The van der Waals surface area contributed by atoms with Crippen LogP contribution in [-0.2, 0) is 10.0 Å². The molecule has 8 heteroatoms. The van der Waals surface area contributed by atoms with E-state index >= 15 is 0 Å². The quantitative estimate of drug-likeness (QED) is 0.865. The summed E-state index contributed by atoms with van der Waals surface area (Å²) in [6.45, 7) is 1.65. The first-order valence-electron chi connectivity index (χ1n) is 6.97.